The Bertz CT molecular complexity index is 561. The lowest BCUT2D eigenvalue weighted by Crippen LogP contribution is -2.06. The molecule has 0 saturated carbocycles. The predicted octanol–water partition coefficient (Wildman–Crippen LogP) is 3.69. The highest BCUT2D eigenvalue weighted by atomic mass is 79.9. The first-order valence-electron chi connectivity index (χ1n) is 5.31. The van der Waals surface area contributed by atoms with Crippen LogP contribution in [0.25, 0.3) is 0 Å². The topological polar surface area (TPSA) is 30.0 Å². The number of carbonyl (C=O) groups excluding carboxylic acids is 1. The van der Waals surface area contributed by atoms with Gasteiger partial charge in [-0.05, 0) is 53.5 Å². The summed E-state index contributed by atoms with van der Waals surface area (Å²) in [6, 6.07) is 9.42. The second kappa shape index (κ2) is 4.80. The number of hydrogen-bond donors (Lipinski definition) is 0. The van der Waals surface area contributed by atoms with Gasteiger partial charge in [-0.3, -0.25) is 9.78 Å². The summed E-state index contributed by atoms with van der Waals surface area (Å²) in [5, 5.41) is 0. The summed E-state index contributed by atoms with van der Waals surface area (Å²) in [5.41, 5.74) is 3.25. The Kier molecular flexibility index (Phi) is 3.38. The highest BCUT2D eigenvalue weighted by molar-refractivity contribution is 9.10. The summed E-state index contributed by atoms with van der Waals surface area (Å²) in [6.45, 7) is 3.91. The first kappa shape index (κ1) is 12.0. The predicted molar refractivity (Wildman–Crippen MR) is 71.3 cm³/mol. The summed E-state index contributed by atoms with van der Waals surface area (Å²) in [7, 11) is 0. The minimum Gasteiger partial charge on any atom is -0.287 e. The Labute approximate surface area is 109 Å². The Hall–Kier alpha value is -1.48. The van der Waals surface area contributed by atoms with Crippen LogP contribution in [0.1, 0.15) is 27.2 Å². The zero-order valence-corrected chi connectivity index (χ0v) is 11.3. The van der Waals surface area contributed by atoms with Crippen molar-refractivity contribution in [3.63, 3.8) is 0 Å². The van der Waals surface area contributed by atoms with E-state index in [0.717, 1.165) is 21.2 Å². The van der Waals surface area contributed by atoms with Crippen molar-refractivity contribution < 1.29 is 4.79 Å². The van der Waals surface area contributed by atoms with Crippen molar-refractivity contribution in [3.05, 3.63) is 63.4 Å². The van der Waals surface area contributed by atoms with Crippen LogP contribution in [-0.4, -0.2) is 10.8 Å². The van der Waals surface area contributed by atoms with Crippen molar-refractivity contribution >= 4 is 21.7 Å². The van der Waals surface area contributed by atoms with Crippen LogP contribution in [0.5, 0.6) is 0 Å². The molecule has 0 saturated heterocycles. The second-order valence-electron chi connectivity index (χ2n) is 4.01. The second-order valence-corrected chi connectivity index (χ2v) is 4.92. The molecule has 3 heteroatoms. The summed E-state index contributed by atoms with van der Waals surface area (Å²) >= 11 is 3.30. The van der Waals surface area contributed by atoms with Gasteiger partial charge in [-0.25, -0.2) is 0 Å². The first-order valence-corrected chi connectivity index (χ1v) is 6.11. The Morgan fingerprint density at radius 1 is 1.18 bits per heavy atom. The van der Waals surface area contributed by atoms with Crippen LogP contribution in [0, 0.1) is 13.8 Å². The normalized spacial score (nSPS) is 10.3. The van der Waals surface area contributed by atoms with Gasteiger partial charge in [0.1, 0.15) is 5.69 Å². The van der Waals surface area contributed by atoms with Crippen LogP contribution in [0.15, 0.2) is 41.0 Å². The third kappa shape index (κ3) is 2.61. The molecule has 1 aromatic carbocycles. The number of aryl methyl sites for hydroxylation is 2. The number of carbonyl (C=O) groups is 1. The van der Waals surface area contributed by atoms with E-state index in [2.05, 4.69) is 20.9 Å². The van der Waals surface area contributed by atoms with Crippen LogP contribution in [-0.2, 0) is 0 Å². The molecular formula is C14H12BrNO. The fraction of sp³-hybridized carbons (Fsp3) is 0.143. The summed E-state index contributed by atoms with van der Waals surface area (Å²) in [4.78, 5) is 16.4. The Balaban J connectivity index is 2.43. The molecule has 0 amide bonds. The van der Waals surface area contributed by atoms with Gasteiger partial charge in [0, 0.05) is 16.2 Å². The van der Waals surface area contributed by atoms with Crippen LogP contribution in [0.2, 0.25) is 0 Å². The highest BCUT2D eigenvalue weighted by Gasteiger charge is 2.12. The van der Waals surface area contributed by atoms with Gasteiger partial charge in [0.05, 0.1) is 0 Å². The number of benzene rings is 1. The number of rotatable bonds is 2. The number of aromatic nitrogens is 1. The van der Waals surface area contributed by atoms with Crippen molar-refractivity contribution in [3.8, 4) is 0 Å². The van der Waals surface area contributed by atoms with Gasteiger partial charge in [-0.2, -0.15) is 0 Å². The molecular weight excluding hydrogens is 278 g/mol. The quantitative estimate of drug-likeness (QED) is 0.789. The zero-order chi connectivity index (χ0) is 12.4. The molecule has 2 nitrogen and oxygen atoms in total. The maximum Gasteiger partial charge on any atom is 0.211 e. The molecule has 0 N–H and O–H groups in total. The molecule has 0 aliphatic carbocycles. The molecule has 0 bridgehead atoms. The molecule has 86 valence electrons. The Morgan fingerprint density at radius 3 is 2.59 bits per heavy atom. The number of hydrogen-bond acceptors (Lipinski definition) is 2. The largest absolute Gasteiger partial charge is 0.287 e. The molecule has 0 aliphatic heterocycles. The van der Waals surface area contributed by atoms with Crippen LogP contribution in [0.4, 0.5) is 0 Å². The van der Waals surface area contributed by atoms with E-state index in [4.69, 9.17) is 0 Å². The summed E-state index contributed by atoms with van der Waals surface area (Å²) in [6.07, 6.45) is 1.64. The molecule has 2 rings (SSSR count). The van der Waals surface area contributed by atoms with Crippen LogP contribution < -0.4 is 0 Å². The highest BCUT2D eigenvalue weighted by Crippen LogP contribution is 2.16. The molecule has 0 atom stereocenters. The molecule has 0 aliphatic rings. The van der Waals surface area contributed by atoms with E-state index in [9.17, 15) is 4.79 Å². The van der Waals surface area contributed by atoms with E-state index in [0.29, 0.717) is 5.69 Å². The van der Waals surface area contributed by atoms with Gasteiger partial charge in [0.2, 0.25) is 5.78 Å². The fourth-order valence-electron chi connectivity index (χ4n) is 1.63. The molecule has 0 unspecified atom stereocenters. The molecule has 0 fully saturated rings. The maximum absolute atomic E-state index is 12.3. The zero-order valence-electron chi connectivity index (χ0n) is 9.70. The number of halogens is 1. The lowest BCUT2D eigenvalue weighted by Gasteiger charge is -2.05. The minimum absolute atomic E-state index is 0.0290. The lowest BCUT2D eigenvalue weighted by molar-refractivity contribution is 0.103. The van der Waals surface area contributed by atoms with Crippen molar-refractivity contribution in [1.29, 1.82) is 0 Å². The minimum atomic E-state index is -0.0290. The molecule has 0 radical (unpaired) electrons. The van der Waals surface area contributed by atoms with E-state index in [1.54, 1.807) is 12.3 Å². The van der Waals surface area contributed by atoms with E-state index in [1.165, 1.54) is 0 Å². The molecule has 0 spiro atoms. The number of ketones is 1. The van der Waals surface area contributed by atoms with Crippen molar-refractivity contribution in [2.45, 2.75) is 13.8 Å². The smallest absolute Gasteiger partial charge is 0.211 e. The van der Waals surface area contributed by atoms with Gasteiger partial charge >= 0.3 is 0 Å². The average Bonchev–Trinajstić information content (AvgIpc) is 2.32. The molecule has 17 heavy (non-hydrogen) atoms. The average molecular weight is 290 g/mol. The van der Waals surface area contributed by atoms with E-state index < -0.39 is 0 Å². The van der Waals surface area contributed by atoms with Crippen LogP contribution >= 0.6 is 15.9 Å². The van der Waals surface area contributed by atoms with Crippen molar-refractivity contribution in [2.75, 3.05) is 0 Å². The van der Waals surface area contributed by atoms with Gasteiger partial charge in [0.25, 0.3) is 0 Å². The molecule has 1 aromatic heterocycles. The lowest BCUT2D eigenvalue weighted by atomic mass is 10.00. The maximum atomic E-state index is 12.3. The third-order valence-corrected chi connectivity index (χ3v) is 3.07. The van der Waals surface area contributed by atoms with Gasteiger partial charge in [-0.1, -0.05) is 17.7 Å². The van der Waals surface area contributed by atoms with Gasteiger partial charge < -0.3 is 0 Å². The number of nitrogens with zero attached hydrogens (tertiary/aromatic N) is 1. The fourth-order valence-corrected chi connectivity index (χ4v) is 1.86. The molecule has 1 heterocycles. The first-order chi connectivity index (χ1) is 8.08. The number of pyridine rings is 1. The third-order valence-electron chi connectivity index (χ3n) is 2.60. The van der Waals surface area contributed by atoms with Crippen LogP contribution in [0.3, 0.4) is 0 Å². The summed E-state index contributed by atoms with van der Waals surface area (Å²) < 4.78 is 0.870. The SMILES string of the molecule is Cc1ccc(C)c(C(=O)c2ccc(Br)cn2)c1. The van der Waals surface area contributed by atoms with Gasteiger partial charge in [0.15, 0.2) is 0 Å². The summed E-state index contributed by atoms with van der Waals surface area (Å²) in [5.74, 6) is -0.0290. The standard InChI is InChI=1S/C14H12BrNO/c1-9-3-4-10(2)12(7-9)14(17)13-6-5-11(15)8-16-13/h3-8H,1-2H3. The Morgan fingerprint density at radius 2 is 1.94 bits per heavy atom. The molecule has 2 aromatic rings. The van der Waals surface area contributed by atoms with E-state index in [1.807, 2.05) is 38.1 Å². The van der Waals surface area contributed by atoms with Gasteiger partial charge in [-0.15, -0.1) is 0 Å². The van der Waals surface area contributed by atoms with Crippen molar-refractivity contribution in [1.82, 2.24) is 4.98 Å². The van der Waals surface area contributed by atoms with Crippen molar-refractivity contribution in [2.24, 2.45) is 0 Å². The van der Waals surface area contributed by atoms with E-state index >= 15 is 0 Å². The van der Waals surface area contributed by atoms with E-state index in [-0.39, 0.29) is 5.78 Å². The monoisotopic (exact) mass is 289 g/mol.